The van der Waals surface area contributed by atoms with E-state index in [1.165, 1.54) is 29.7 Å². The van der Waals surface area contributed by atoms with Gasteiger partial charge in [0, 0.05) is 19.7 Å². The molecule has 2 aromatic carbocycles. The molecule has 3 rings (SSSR count). The van der Waals surface area contributed by atoms with E-state index in [9.17, 15) is 12.8 Å². The Bertz CT molecular complexity index is 1020. The van der Waals surface area contributed by atoms with Crippen molar-refractivity contribution in [2.75, 3.05) is 18.2 Å². The van der Waals surface area contributed by atoms with Gasteiger partial charge in [-0.1, -0.05) is 35.6 Å². The van der Waals surface area contributed by atoms with Crippen molar-refractivity contribution in [2.45, 2.75) is 24.3 Å². The van der Waals surface area contributed by atoms with Crippen LogP contribution in [0.4, 0.5) is 9.52 Å². The third-order valence-corrected chi connectivity index (χ3v) is 6.54. The molecule has 0 saturated carbocycles. The second-order valence-corrected chi connectivity index (χ2v) is 9.47. The molecule has 0 N–H and O–H groups in total. The van der Waals surface area contributed by atoms with Crippen molar-refractivity contribution in [2.24, 2.45) is 0 Å². The normalized spacial score (nSPS) is 12.7. The summed E-state index contributed by atoms with van der Waals surface area (Å²) < 4.78 is 36.2. The van der Waals surface area contributed by atoms with E-state index in [0.29, 0.717) is 11.3 Å². The molecule has 0 saturated heterocycles. The molecule has 0 amide bonds. The van der Waals surface area contributed by atoms with Crippen LogP contribution in [0, 0.1) is 5.82 Å². The number of hydrogen-bond donors (Lipinski definition) is 0. The van der Waals surface area contributed by atoms with Gasteiger partial charge in [-0.2, -0.15) is 0 Å². The van der Waals surface area contributed by atoms with Gasteiger partial charge in [-0.05, 0) is 42.3 Å². The van der Waals surface area contributed by atoms with Crippen LogP contribution in [0.15, 0.2) is 53.4 Å². The monoisotopic (exact) mass is 405 g/mol. The second-order valence-electron chi connectivity index (χ2n) is 6.41. The Balaban J connectivity index is 1.72. The zero-order valence-corrected chi connectivity index (χ0v) is 16.9. The molecule has 0 aliphatic carbocycles. The number of halogens is 1. The quantitative estimate of drug-likeness (QED) is 0.623. The fourth-order valence-electron chi connectivity index (χ4n) is 2.62. The van der Waals surface area contributed by atoms with Crippen LogP contribution < -0.4 is 4.90 Å². The second kappa shape index (κ2) is 7.74. The van der Waals surface area contributed by atoms with E-state index in [4.69, 9.17) is 0 Å². The highest BCUT2D eigenvalue weighted by Crippen LogP contribution is 2.29. The minimum Gasteiger partial charge on any atom is -0.343 e. The Hall–Kier alpha value is -2.32. The minimum atomic E-state index is -3.20. The summed E-state index contributed by atoms with van der Waals surface area (Å²) in [5.41, 5.74) is 1.96. The van der Waals surface area contributed by atoms with Gasteiger partial charge in [0.1, 0.15) is 10.8 Å². The van der Waals surface area contributed by atoms with Gasteiger partial charge in [-0.25, -0.2) is 12.8 Å². The van der Waals surface area contributed by atoms with E-state index in [2.05, 4.69) is 10.2 Å². The van der Waals surface area contributed by atoms with Crippen molar-refractivity contribution in [3.63, 3.8) is 0 Å². The Kier molecular flexibility index (Phi) is 5.57. The molecule has 0 radical (unpaired) electrons. The summed E-state index contributed by atoms with van der Waals surface area (Å²) >= 11 is 1.48. The molecule has 1 unspecified atom stereocenters. The fraction of sp³-hybridized carbons (Fsp3) is 0.263. The molecule has 1 aromatic heterocycles. The van der Waals surface area contributed by atoms with Crippen LogP contribution in [-0.4, -0.2) is 31.9 Å². The first-order valence-corrected chi connectivity index (χ1v) is 11.0. The van der Waals surface area contributed by atoms with Crippen molar-refractivity contribution in [1.82, 2.24) is 10.2 Å². The molecule has 142 valence electrons. The highest BCUT2D eigenvalue weighted by atomic mass is 32.2. The zero-order chi connectivity index (χ0) is 19.6. The summed E-state index contributed by atoms with van der Waals surface area (Å²) in [6.45, 7) is 2.02. The number of hydrogen-bond acceptors (Lipinski definition) is 6. The van der Waals surface area contributed by atoms with E-state index >= 15 is 0 Å². The Morgan fingerprint density at radius 3 is 2.30 bits per heavy atom. The molecule has 0 bridgehead atoms. The van der Waals surface area contributed by atoms with Crippen LogP contribution in [0.2, 0.25) is 0 Å². The maximum Gasteiger partial charge on any atom is 0.208 e. The van der Waals surface area contributed by atoms with Gasteiger partial charge >= 0.3 is 0 Å². The summed E-state index contributed by atoms with van der Waals surface area (Å²) in [6, 6.07) is 13.2. The largest absolute Gasteiger partial charge is 0.343 e. The van der Waals surface area contributed by atoms with Gasteiger partial charge in [0.2, 0.25) is 5.13 Å². The van der Waals surface area contributed by atoms with Crippen molar-refractivity contribution >= 4 is 26.3 Å². The molecule has 0 fully saturated rings. The van der Waals surface area contributed by atoms with Gasteiger partial charge in [-0.15, -0.1) is 10.2 Å². The maximum atomic E-state index is 13.0. The molecule has 3 aromatic rings. The van der Waals surface area contributed by atoms with Crippen LogP contribution in [-0.2, 0) is 16.3 Å². The topological polar surface area (TPSA) is 63.2 Å². The fourth-order valence-corrected chi connectivity index (χ4v) is 4.16. The summed E-state index contributed by atoms with van der Waals surface area (Å²) in [5.74, 6) is -0.257. The standard InChI is InChI=1S/C19H20FN3O2S2/c1-13(15-6-10-17(11-7-15)27(3,24)25)23(2)19-22-21-18(26-19)12-14-4-8-16(20)9-5-14/h4-11,13H,12H2,1-3H3. The lowest BCUT2D eigenvalue weighted by atomic mass is 10.1. The smallest absolute Gasteiger partial charge is 0.208 e. The first kappa shape index (κ1) is 19.4. The van der Waals surface area contributed by atoms with E-state index in [0.717, 1.165) is 21.3 Å². The van der Waals surface area contributed by atoms with E-state index < -0.39 is 9.84 Å². The van der Waals surface area contributed by atoms with Crippen LogP contribution in [0.5, 0.6) is 0 Å². The number of rotatable bonds is 6. The van der Waals surface area contributed by atoms with Gasteiger partial charge in [-0.3, -0.25) is 0 Å². The minimum absolute atomic E-state index is 0.00484. The third kappa shape index (κ3) is 4.70. The van der Waals surface area contributed by atoms with E-state index in [1.54, 1.807) is 24.3 Å². The molecule has 27 heavy (non-hydrogen) atoms. The van der Waals surface area contributed by atoms with Crippen molar-refractivity contribution in [1.29, 1.82) is 0 Å². The number of benzene rings is 2. The van der Waals surface area contributed by atoms with E-state index in [-0.39, 0.29) is 11.9 Å². The molecule has 1 heterocycles. The highest BCUT2D eigenvalue weighted by molar-refractivity contribution is 7.90. The summed E-state index contributed by atoms with van der Waals surface area (Å²) in [7, 11) is -1.28. The molecule has 1 atom stereocenters. The first-order valence-electron chi connectivity index (χ1n) is 8.34. The molecule has 8 heteroatoms. The van der Waals surface area contributed by atoms with Gasteiger partial charge < -0.3 is 4.90 Å². The lowest BCUT2D eigenvalue weighted by Gasteiger charge is -2.24. The predicted octanol–water partition coefficient (Wildman–Crippen LogP) is 3.87. The van der Waals surface area contributed by atoms with Crippen molar-refractivity contribution in [3.05, 3.63) is 70.5 Å². The van der Waals surface area contributed by atoms with Crippen LogP contribution >= 0.6 is 11.3 Å². The average molecular weight is 406 g/mol. The summed E-state index contributed by atoms with van der Waals surface area (Å²) in [5, 5.41) is 10.1. The van der Waals surface area contributed by atoms with Gasteiger partial charge in [0.25, 0.3) is 0 Å². The number of aromatic nitrogens is 2. The zero-order valence-electron chi connectivity index (χ0n) is 15.3. The predicted molar refractivity (Wildman–Crippen MR) is 105 cm³/mol. The molecule has 0 spiro atoms. The Labute approximate surface area is 162 Å². The van der Waals surface area contributed by atoms with E-state index in [1.807, 2.05) is 31.0 Å². The summed E-state index contributed by atoms with van der Waals surface area (Å²) in [6.07, 6.45) is 1.80. The van der Waals surface area contributed by atoms with Crippen LogP contribution in [0.3, 0.4) is 0 Å². The first-order chi connectivity index (χ1) is 12.7. The SMILES string of the molecule is CC(c1ccc(S(C)(=O)=O)cc1)N(C)c1nnc(Cc2ccc(F)cc2)s1. The lowest BCUT2D eigenvalue weighted by Crippen LogP contribution is -2.21. The van der Waals surface area contributed by atoms with Crippen molar-refractivity contribution in [3.8, 4) is 0 Å². The molecule has 5 nitrogen and oxygen atoms in total. The number of nitrogens with zero attached hydrogens (tertiary/aromatic N) is 3. The maximum absolute atomic E-state index is 13.0. The lowest BCUT2D eigenvalue weighted by molar-refractivity contribution is 0.601. The third-order valence-electron chi connectivity index (χ3n) is 4.40. The molecular weight excluding hydrogens is 385 g/mol. The van der Waals surface area contributed by atoms with Gasteiger partial charge in [0.15, 0.2) is 9.84 Å². The van der Waals surface area contributed by atoms with Crippen molar-refractivity contribution < 1.29 is 12.8 Å². The summed E-state index contributed by atoms with van der Waals surface area (Å²) in [4.78, 5) is 2.31. The molecule has 0 aliphatic heterocycles. The van der Waals surface area contributed by atoms with Crippen LogP contribution in [0.1, 0.15) is 29.1 Å². The number of sulfone groups is 1. The average Bonchev–Trinajstić information content (AvgIpc) is 3.10. The highest BCUT2D eigenvalue weighted by Gasteiger charge is 2.17. The number of anilines is 1. The Morgan fingerprint density at radius 1 is 1.07 bits per heavy atom. The molecule has 0 aliphatic rings. The molecular formula is C19H20FN3O2S2. The van der Waals surface area contributed by atoms with Crippen LogP contribution in [0.25, 0.3) is 0 Å². The van der Waals surface area contributed by atoms with Gasteiger partial charge in [0.05, 0.1) is 10.9 Å². The Morgan fingerprint density at radius 2 is 1.70 bits per heavy atom.